The zero-order valence-corrected chi connectivity index (χ0v) is 15.5. The van der Waals surface area contributed by atoms with Gasteiger partial charge >= 0.3 is 5.97 Å². The van der Waals surface area contributed by atoms with Gasteiger partial charge in [-0.1, -0.05) is 26.0 Å². The number of hydrogen-bond acceptors (Lipinski definition) is 5. The van der Waals surface area contributed by atoms with E-state index in [0.717, 1.165) is 6.42 Å². The van der Waals surface area contributed by atoms with Crippen molar-refractivity contribution in [3.63, 3.8) is 0 Å². The third kappa shape index (κ3) is 2.74. The lowest BCUT2D eigenvalue weighted by molar-refractivity contribution is -0.128. The van der Waals surface area contributed by atoms with Gasteiger partial charge in [-0.25, -0.2) is 13.2 Å². The average Bonchev–Trinajstić information content (AvgIpc) is 2.88. The Hall–Kier alpha value is -1.89. The molecule has 1 aromatic rings. The standard InChI is InChI=1S/C18H23NO5S/c1-17(2)12-8-9-18(17,15(20)10-12)11-25(22,23)19-14-7-5-4-6-13(14)16(21)24-3/h4-7,12,19H,8-11H2,1-3H3/t12-,18+/m1/s1. The van der Waals surface area contributed by atoms with E-state index >= 15 is 0 Å². The molecule has 0 radical (unpaired) electrons. The number of rotatable bonds is 5. The Morgan fingerprint density at radius 1 is 1.32 bits per heavy atom. The number of carbonyl (C=O) groups is 2. The minimum absolute atomic E-state index is 0.0420. The number of benzene rings is 1. The largest absolute Gasteiger partial charge is 0.465 e. The number of hydrogen-bond donors (Lipinski definition) is 1. The summed E-state index contributed by atoms with van der Waals surface area (Å²) in [5, 5.41) is 0. The summed E-state index contributed by atoms with van der Waals surface area (Å²) < 4.78 is 32.8. The molecule has 136 valence electrons. The van der Waals surface area contributed by atoms with E-state index in [4.69, 9.17) is 4.74 Å². The molecule has 0 amide bonds. The number of sulfonamides is 1. The Bertz CT molecular complexity index is 830. The molecule has 0 unspecified atom stereocenters. The number of fused-ring (bicyclic) bond motifs is 2. The van der Waals surface area contributed by atoms with Crippen LogP contribution < -0.4 is 4.72 Å². The van der Waals surface area contributed by atoms with Gasteiger partial charge in [-0.15, -0.1) is 0 Å². The van der Waals surface area contributed by atoms with Crippen molar-refractivity contribution < 1.29 is 22.7 Å². The second-order valence-corrected chi connectivity index (χ2v) is 9.29. The summed E-state index contributed by atoms with van der Waals surface area (Å²) in [7, 11) is -2.57. The molecule has 1 N–H and O–H groups in total. The minimum atomic E-state index is -3.81. The zero-order chi connectivity index (χ0) is 18.5. The molecule has 6 nitrogen and oxygen atoms in total. The minimum Gasteiger partial charge on any atom is -0.465 e. The van der Waals surface area contributed by atoms with Crippen LogP contribution in [0.2, 0.25) is 0 Å². The van der Waals surface area contributed by atoms with Crippen LogP contribution in [0.25, 0.3) is 0 Å². The Kier molecular flexibility index (Phi) is 4.18. The van der Waals surface area contributed by atoms with Gasteiger partial charge in [0, 0.05) is 6.42 Å². The van der Waals surface area contributed by atoms with E-state index in [-0.39, 0.29) is 34.1 Å². The molecule has 2 aliphatic rings. The number of ether oxygens (including phenoxy) is 1. The van der Waals surface area contributed by atoms with E-state index in [1.54, 1.807) is 12.1 Å². The van der Waals surface area contributed by atoms with Crippen LogP contribution in [0.15, 0.2) is 24.3 Å². The molecular weight excluding hydrogens is 342 g/mol. The smallest absolute Gasteiger partial charge is 0.339 e. The summed E-state index contributed by atoms with van der Waals surface area (Å²) in [5.74, 6) is -0.578. The van der Waals surface area contributed by atoms with Crippen molar-refractivity contribution in [3.05, 3.63) is 29.8 Å². The maximum atomic E-state index is 12.8. The predicted molar refractivity (Wildman–Crippen MR) is 93.8 cm³/mol. The fourth-order valence-corrected chi connectivity index (χ4v) is 6.41. The molecule has 0 saturated heterocycles. The summed E-state index contributed by atoms with van der Waals surface area (Å²) in [6.07, 6.45) is 1.94. The highest BCUT2D eigenvalue weighted by Gasteiger charge is 2.65. The lowest BCUT2D eigenvalue weighted by Gasteiger charge is -2.36. The SMILES string of the molecule is COC(=O)c1ccccc1NS(=O)(=O)C[C@@]12CC[C@H](CC1=O)C2(C)C. The van der Waals surface area contributed by atoms with Crippen molar-refractivity contribution in [1.82, 2.24) is 0 Å². The third-order valence-corrected chi connectivity index (χ3v) is 7.58. The van der Waals surface area contributed by atoms with Gasteiger partial charge in [0.2, 0.25) is 10.0 Å². The maximum absolute atomic E-state index is 12.8. The highest BCUT2D eigenvalue weighted by molar-refractivity contribution is 7.92. The van der Waals surface area contributed by atoms with E-state index in [1.165, 1.54) is 19.2 Å². The van der Waals surface area contributed by atoms with Gasteiger partial charge in [0.05, 0.1) is 29.5 Å². The number of para-hydroxylation sites is 1. The van der Waals surface area contributed by atoms with Gasteiger partial charge in [0.1, 0.15) is 5.78 Å². The molecule has 0 aromatic heterocycles. The second-order valence-electron chi connectivity index (χ2n) is 7.57. The number of carbonyl (C=O) groups excluding carboxylic acids is 2. The molecule has 1 aromatic carbocycles. The molecule has 2 aliphatic carbocycles. The molecular formula is C18H23NO5S. The fourth-order valence-electron chi connectivity index (χ4n) is 4.50. The molecule has 2 fully saturated rings. The van der Waals surface area contributed by atoms with Crippen LogP contribution in [0.4, 0.5) is 5.69 Å². The first kappa shape index (κ1) is 17.9. The maximum Gasteiger partial charge on any atom is 0.339 e. The summed E-state index contributed by atoms with van der Waals surface area (Å²) in [5.41, 5.74) is -0.861. The molecule has 25 heavy (non-hydrogen) atoms. The first-order chi connectivity index (χ1) is 11.6. The molecule has 3 rings (SSSR count). The van der Waals surface area contributed by atoms with Gasteiger partial charge in [0.15, 0.2) is 0 Å². The Balaban J connectivity index is 1.90. The van der Waals surface area contributed by atoms with Crippen LogP contribution in [0.1, 0.15) is 43.5 Å². The molecule has 7 heteroatoms. The number of esters is 1. The summed E-state index contributed by atoms with van der Waals surface area (Å²) in [6.45, 7) is 3.99. The molecule has 2 atom stereocenters. The van der Waals surface area contributed by atoms with Crippen molar-refractivity contribution >= 4 is 27.5 Å². The Labute approximate surface area is 148 Å². The zero-order valence-electron chi connectivity index (χ0n) is 14.7. The van der Waals surface area contributed by atoms with Crippen LogP contribution in [0, 0.1) is 16.7 Å². The lowest BCUT2D eigenvalue weighted by atomic mass is 9.70. The highest BCUT2D eigenvalue weighted by Crippen LogP contribution is 2.64. The Morgan fingerprint density at radius 3 is 2.56 bits per heavy atom. The monoisotopic (exact) mass is 365 g/mol. The van der Waals surface area contributed by atoms with Crippen molar-refractivity contribution in [3.8, 4) is 0 Å². The summed E-state index contributed by atoms with van der Waals surface area (Å²) in [4.78, 5) is 24.4. The number of nitrogens with one attached hydrogen (secondary N) is 1. The fraction of sp³-hybridized carbons (Fsp3) is 0.556. The van der Waals surface area contributed by atoms with E-state index in [9.17, 15) is 18.0 Å². The van der Waals surface area contributed by atoms with Crippen molar-refractivity contribution in [1.29, 1.82) is 0 Å². The summed E-state index contributed by atoms with van der Waals surface area (Å²) >= 11 is 0. The van der Waals surface area contributed by atoms with Gasteiger partial charge in [-0.2, -0.15) is 0 Å². The number of ketones is 1. The van der Waals surface area contributed by atoms with Crippen LogP contribution in [0.5, 0.6) is 0 Å². The van der Waals surface area contributed by atoms with Gasteiger partial charge in [-0.3, -0.25) is 9.52 Å². The molecule has 2 saturated carbocycles. The van der Waals surface area contributed by atoms with Gasteiger partial charge in [-0.05, 0) is 36.3 Å². The van der Waals surface area contributed by atoms with E-state index in [0.29, 0.717) is 12.8 Å². The van der Waals surface area contributed by atoms with Crippen LogP contribution in [0.3, 0.4) is 0 Å². The van der Waals surface area contributed by atoms with E-state index < -0.39 is 21.4 Å². The normalized spacial score (nSPS) is 27.3. The quantitative estimate of drug-likeness (QED) is 0.810. The molecule has 2 bridgehead atoms. The lowest BCUT2D eigenvalue weighted by Crippen LogP contribution is -2.43. The predicted octanol–water partition coefficient (Wildman–Crippen LogP) is 2.61. The van der Waals surface area contributed by atoms with Crippen molar-refractivity contribution in [2.24, 2.45) is 16.7 Å². The number of Topliss-reactive ketones (excluding diaryl/α,β-unsaturated/α-hetero) is 1. The van der Waals surface area contributed by atoms with E-state index in [1.807, 2.05) is 13.8 Å². The van der Waals surface area contributed by atoms with Gasteiger partial charge in [0.25, 0.3) is 0 Å². The molecule has 0 heterocycles. The second kappa shape index (κ2) is 5.83. The average molecular weight is 365 g/mol. The van der Waals surface area contributed by atoms with Crippen LogP contribution >= 0.6 is 0 Å². The number of methoxy groups -OCH3 is 1. The first-order valence-corrected chi connectivity index (χ1v) is 9.99. The van der Waals surface area contributed by atoms with Gasteiger partial charge < -0.3 is 4.74 Å². The summed E-state index contributed by atoms with van der Waals surface area (Å²) in [6, 6.07) is 6.28. The van der Waals surface area contributed by atoms with Crippen molar-refractivity contribution in [2.75, 3.05) is 17.6 Å². The third-order valence-electron chi connectivity index (χ3n) is 6.17. The van der Waals surface area contributed by atoms with E-state index in [2.05, 4.69) is 4.72 Å². The van der Waals surface area contributed by atoms with Crippen LogP contribution in [-0.4, -0.2) is 33.0 Å². The number of anilines is 1. The molecule has 0 spiro atoms. The first-order valence-electron chi connectivity index (χ1n) is 8.34. The van der Waals surface area contributed by atoms with Crippen LogP contribution in [-0.2, 0) is 19.6 Å². The Morgan fingerprint density at radius 2 is 2.00 bits per heavy atom. The topological polar surface area (TPSA) is 89.5 Å². The van der Waals surface area contributed by atoms with Crippen molar-refractivity contribution in [2.45, 2.75) is 33.1 Å². The molecule has 0 aliphatic heterocycles. The highest BCUT2D eigenvalue weighted by atomic mass is 32.2.